The van der Waals surface area contributed by atoms with Crippen LogP contribution in [0.25, 0.3) is 0 Å². The molecule has 1 aliphatic heterocycles. The lowest BCUT2D eigenvalue weighted by atomic mass is 9.94. The number of methoxy groups -OCH3 is 1. The predicted octanol–water partition coefficient (Wildman–Crippen LogP) is 1.94. The van der Waals surface area contributed by atoms with Gasteiger partial charge in [0, 0.05) is 12.2 Å². The molecule has 0 saturated carbocycles. The van der Waals surface area contributed by atoms with Crippen molar-refractivity contribution in [3.05, 3.63) is 23.8 Å². The number of hydrogen-bond donors (Lipinski definition) is 2. The lowest BCUT2D eigenvalue weighted by molar-refractivity contribution is 0.414. The minimum atomic E-state index is 0.463. The van der Waals surface area contributed by atoms with E-state index in [0.29, 0.717) is 12.5 Å². The van der Waals surface area contributed by atoms with Gasteiger partial charge in [0.1, 0.15) is 5.75 Å². The molecule has 3 N–H and O–H groups in total. The molecule has 1 aromatic rings. The van der Waals surface area contributed by atoms with E-state index in [-0.39, 0.29) is 0 Å². The fraction of sp³-hybridized carbons (Fsp3) is 0.500. The third kappa shape index (κ3) is 2.07. The number of nitrogens with one attached hydrogen (secondary N) is 1. The molecule has 1 aromatic carbocycles. The van der Waals surface area contributed by atoms with Gasteiger partial charge in [0.25, 0.3) is 0 Å². The summed E-state index contributed by atoms with van der Waals surface area (Å²) in [5.74, 6) is 1.38. The van der Waals surface area contributed by atoms with Crippen LogP contribution in [0.3, 0.4) is 0 Å². The normalized spacial score (nSPS) is 20.0. The van der Waals surface area contributed by atoms with Crippen LogP contribution in [0.1, 0.15) is 24.3 Å². The SMILES string of the molecule is COc1ccc2c(c1)C(CN)CCCN2. The molecule has 0 aromatic heterocycles. The molecular weight excluding hydrogens is 188 g/mol. The summed E-state index contributed by atoms with van der Waals surface area (Å²) in [4.78, 5) is 0. The zero-order chi connectivity index (χ0) is 10.7. The summed E-state index contributed by atoms with van der Waals surface area (Å²) < 4.78 is 5.25. The largest absolute Gasteiger partial charge is 0.497 e. The summed E-state index contributed by atoms with van der Waals surface area (Å²) in [6, 6.07) is 6.18. The van der Waals surface area contributed by atoms with E-state index in [4.69, 9.17) is 10.5 Å². The van der Waals surface area contributed by atoms with E-state index in [0.717, 1.165) is 18.7 Å². The first-order chi connectivity index (χ1) is 7.35. The third-order valence-electron chi connectivity index (χ3n) is 3.03. The highest BCUT2D eigenvalue weighted by Crippen LogP contribution is 2.33. The minimum absolute atomic E-state index is 0.463. The van der Waals surface area contributed by atoms with Crippen molar-refractivity contribution in [2.75, 3.05) is 25.5 Å². The van der Waals surface area contributed by atoms with Crippen LogP contribution in [-0.2, 0) is 0 Å². The van der Waals surface area contributed by atoms with Crippen molar-refractivity contribution < 1.29 is 4.74 Å². The van der Waals surface area contributed by atoms with Gasteiger partial charge in [0.15, 0.2) is 0 Å². The van der Waals surface area contributed by atoms with Gasteiger partial charge in [0.05, 0.1) is 7.11 Å². The minimum Gasteiger partial charge on any atom is -0.497 e. The van der Waals surface area contributed by atoms with Gasteiger partial charge in [-0.05, 0) is 49.1 Å². The van der Waals surface area contributed by atoms with Gasteiger partial charge in [-0.1, -0.05) is 0 Å². The average molecular weight is 206 g/mol. The average Bonchev–Trinajstić information content (AvgIpc) is 2.49. The molecule has 0 radical (unpaired) electrons. The van der Waals surface area contributed by atoms with Crippen molar-refractivity contribution in [2.45, 2.75) is 18.8 Å². The quantitative estimate of drug-likeness (QED) is 0.777. The van der Waals surface area contributed by atoms with Crippen LogP contribution >= 0.6 is 0 Å². The van der Waals surface area contributed by atoms with Gasteiger partial charge in [-0.15, -0.1) is 0 Å². The van der Waals surface area contributed by atoms with Gasteiger partial charge < -0.3 is 15.8 Å². The van der Waals surface area contributed by atoms with Crippen molar-refractivity contribution in [1.82, 2.24) is 0 Å². The number of rotatable bonds is 2. The Morgan fingerprint density at radius 3 is 3.13 bits per heavy atom. The van der Waals surface area contributed by atoms with E-state index in [2.05, 4.69) is 17.4 Å². The second kappa shape index (κ2) is 4.53. The zero-order valence-corrected chi connectivity index (χ0v) is 9.12. The van der Waals surface area contributed by atoms with Crippen molar-refractivity contribution in [3.63, 3.8) is 0 Å². The summed E-state index contributed by atoms with van der Waals surface area (Å²) in [5, 5.41) is 3.43. The molecule has 0 amide bonds. The molecule has 3 heteroatoms. The smallest absolute Gasteiger partial charge is 0.119 e. The second-order valence-electron chi connectivity index (χ2n) is 3.95. The highest BCUT2D eigenvalue weighted by atomic mass is 16.5. The van der Waals surface area contributed by atoms with Crippen molar-refractivity contribution >= 4 is 5.69 Å². The van der Waals surface area contributed by atoms with Gasteiger partial charge in [0.2, 0.25) is 0 Å². The summed E-state index contributed by atoms with van der Waals surface area (Å²) in [7, 11) is 1.70. The van der Waals surface area contributed by atoms with Crippen LogP contribution in [0.5, 0.6) is 5.75 Å². The third-order valence-corrected chi connectivity index (χ3v) is 3.03. The molecule has 82 valence electrons. The maximum absolute atomic E-state index is 5.81. The summed E-state index contributed by atoms with van der Waals surface area (Å²) in [5.41, 5.74) is 8.32. The Morgan fingerprint density at radius 2 is 2.40 bits per heavy atom. The first kappa shape index (κ1) is 10.3. The van der Waals surface area contributed by atoms with Crippen LogP contribution < -0.4 is 15.8 Å². The summed E-state index contributed by atoms with van der Waals surface area (Å²) in [6.07, 6.45) is 2.34. The van der Waals surface area contributed by atoms with E-state index in [1.54, 1.807) is 7.11 Å². The van der Waals surface area contributed by atoms with Crippen LogP contribution in [-0.4, -0.2) is 20.2 Å². The molecule has 1 aliphatic rings. The number of benzene rings is 1. The van der Waals surface area contributed by atoms with Gasteiger partial charge in [-0.2, -0.15) is 0 Å². The van der Waals surface area contributed by atoms with E-state index >= 15 is 0 Å². The number of ether oxygens (including phenoxy) is 1. The fourth-order valence-electron chi connectivity index (χ4n) is 2.14. The number of anilines is 1. The van der Waals surface area contributed by atoms with Crippen LogP contribution in [0.15, 0.2) is 18.2 Å². The van der Waals surface area contributed by atoms with E-state index in [9.17, 15) is 0 Å². The molecule has 0 aliphatic carbocycles. The second-order valence-corrected chi connectivity index (χ2v) is 3.95. The van der Waals surface area contributed by atoms with E-state index < -0.39 is 0 Å². The maximum atomic E-state index is 5.81. The molecule has 0 spiro atoms. The number of nitrogens with two attached hydrogens (primary N) is 1. The monoisotopic (exact) mass is 206 g/mol. The van der Waals surface area contributed by atoms with Crippen molar-refractivity contribution in [2.24, 2.45) is 5.73 Å². The molecule has 0 fully saturated rings. The zero-order valence-electron chi connectivity index (χ0n) is 9.12. The Labute approximate surface area is 90.6 Å². The fourth-order valence-corrected chi connectivity index (χ4v) is 2.14. The Kier molecular flexibility index (Phi) is 3.11. The van der Waals surface area contributed by atoms with E-state index in [1.165, 1.54) is 17.7 Å². The Morgan fingerprint density at radius 1 is 1.53 bits per heavy atom. The molecule has 3 nitrogen and oxygen atoms in total. The van der Waals surface area contributed by atoms with E-state index in [1.807, 2.05) is 6.07 Å². The Balaban J connectivity index is 2.38. The lowest BCUT2D eigenvalue weighted by Crippen LogP contribution is -2.12. The molecule has 1 atom stereocenters. The molecule has 2 rings (SSSR count). The Hall–Kier alpha value is -1.22. The predicted molar refractivity (Wildman–Crippen MR) is 62.5 cm³/mol. The molecule has 15 heavy (non-hydrogen) atoms. The molecule has 0 bridgehead atoms. The first-order valence-electron chi connectivity index (χ1n) is 5.47. The molecule has 1 unspecified atom stereocenters. The number of fused-ring (bicyclic) bond motifs is 1. The van der Waals surface area contributed by atoms with Gasteiger partial charge in [-0.3, -0.25) is 0 Å². The molecular formula is C12H18N2O. The summed E-state index contributed by atoms with van der Waals surface area (Å²) >= 11 is 0. The Bertz CT molecular complexity index is 338. The number of hydrogen-bond acceptors (Lipinski definition) is 3. The van der Waals surface area contributed by atoms with Crippen LogP contribution in [0.2, 0.25) is 0 Å². The van der Waals surface area contributed by atoms with Gasteiger partial charge in [-0.25, -0.2) is 0 Å². The van der Waals surface area contributed by atoms with Crippen LogP contribution in [0, 0.1) is 0 Å². The maximum Gasteiger partial charge on any atom is 0.119 e. The standard InChI is InChI=1S/C12H18N2O/c1-15-10-4-5-12-11(7-10)9(8-13)3-2-6-14-12/h4-5,7,9,14H,2-3,6,8,13H2,1H3. The lowest BCUT2D eigenvalue weighted by Gasteiger charge is -2.16. The topological polar surface area (TPSA) is 47.3 Å². The van der Waals surface area contributed by atoms with Crippen molar-refractivity contribution in [1.29, 1.82) is 0 Å². The first-order valence-corrected chi connectivity index (χ1v) is 5.47. The van der Waals surface area contributed by atoms with Crippen molar-refractivity contribution in [3.8, 4) is 5.75 Å². The molecule has 0 saturated heterocycles. The van der Waals surface area contributed by atoms with Crippen LogP contribution in [0.4, 0.5) is 5.69 Å². The van der Waals surface area contributed by atoms with Gasteiger partial charge >= 0.3 is 0 Å². The highest BCUT2D eigenvalue weighted by molar-refractivity contribution is 5.56. The summed E-state index contributed by atoms with van der Waals surface area (Å²) in [6.45, 7) is 1.75. The molecule has 1 heterocycles. The highest BCUT2D eigenvalue weighted by Gasteiger charge is 2.17.